The van der Waals surface area contributed by atoms with Crippen LogP contribution in [0.3, 0.4) is 0 Å². The lowest BCUT2D eigenvalue weighted by atomic mass is 10.1. The van der Waals surface area contributed by atoms with Crippen LogP contribution in [0.25, 0.3) is 0 Å². The summed E-state index contributed by atoms with van der Waals surface area (Å²) < 4.78 is 2.18. The fraction of sp³-hybridized carbons (Fsp3) is 0.280. The standard InChI is InChI=1S/C25H29N3/c1-16-10-8-11-17(2)24(16)26-20(5)22-14-15-23(28(22)7)21(6)27-25-18(3)12-9-13-19(25)4/h8-15H,1-7H3. The average Bonchev–Trinajstić information content (AvgIpc) is 3.03. The molecule has 1 heterocycles. The maximum absolute atomic E-state index is 4.93. The van der Waals surface area contributed by atoms with Crippen LogP contribution in [0.15, 0.2) is 58.5 Å². The highest BCUT2D eigenvalue weighted by Crippen LogP contribution is 2.26. The summed E-state index contributed by atoms with van der Waals surface area (Å²) in [6.45, 7) is 12.6. The summed E-state index contributed by atoms with van der Waals surface area (Å²) in [5.41, 5.74) is 11.1. The maximum atomic E-state index is 4.93. The van der Waals surface area contributed by atoms with Crippen molar-refractivity contribution in [3.63, 3.8) is 0 Å². The number of hydrogen-bond donors (Lipinski definition) is 0. The second-order valence-electron chi connectivity index (χ2n) is 7.54. The molecule has 0 unspecified atom stereocenters. The minimum Gasteiger partial charge on any atom is -0.342 e. The third kappa shape index (κ3) is 3.84. The zero-order chi connectivity index (χ0) is 20.4. The Bertz CT molecular complexity index is 956. The van der Waals surface area contributed by atoms with Gasteiger partial charge in [0.25, 0.3) is 0 Å². The molecule has 0 aliphatic carbocycles. The van der Waals surface area contributed by atoms with Crippen LogP contribution >= 0.6 is 0 Å². The molecule has 0 bridgehead atoms. The van der Waals surface area contributed by atoms with Gasteiger partial charge >= 0.3 is 0 Å². The van der Waals surface area contributed by atoms with Crippen molar-refractivity contribution in [2.75, 3.05) is 0 Å². The number of benzene rings is 2. The van der Waals surface area contributed by atoms with Crippen LogP contribution in [0.4, 0.5) is 11.4 Å². The molecule has 144 valence electrons. The molecule has 3 nitrogen and oxygen atoms in total. The van der Waals surface area contributed by atoms with Gasteiger partial charge < -0.3 is 4.57 Å². The summed E-state index contributed by atoms with van der Waals surface area (Å²) in [5, 5.41) is 0. The fourth-order valence-electron chi connectivity index (χ4n) is 3.65. The third-order valence-electron chi connectivity index (χ3n) is 5.30. The van der Waals surface area contributed by atoms with Gasteiger partial charge in [-0.15, -0.1) is 0 Å². The summed E-state index contributed by atoms with van der Waals surface area (Å²) in [7, 11) is 2.08. The lowest BCUT2D eigenvalue weighted by Crippen LogP contribution is -2.09. The number of aromatic nitrogens is 1. The van der Waals surface area contributed by atoms with Gasteiger partial charge in [0, 0.05) is 7.05 Å². The Morgan fingerprint density at radius 1 is 0.607 bits per heavy atom. The summed E-state index contributed by atoms with van der Waals surface area (Å²) in [4.78, 5) is 9.86. The first-order valence-corrected chi connectivity index (χ1v) is 9.69. The molecule has 0 amide bonds. The molecule has 0 atom stereocenters. The third-order valence-corrected chi connectivity index (χ3v) is 5.30. The number of rotatable bonds is 4. The molecular formula is C25H29N3. The second kappa shape index (κ2) is 7.97. The molecule has 1 aromatic heterocycles. The van der Waals surface area contributed by atoms with Gasteiger partial charge in [-0.3, -0.25) is 9.98 Å². The van der Waals surface area contributed by atoms with Gasteiger partial charge in [0.1, 0.15) is 0 Å². The van der Waals surface area contributed by atoms with Gasteiger partial charge in [-0.25, -0.2) is 0 Å². The SMILES string of the molecule is CC(=Nc1c(C)cccc1C)c1ccc(C(C)=Nc2c(C)cccc2C)n1C. The van der Waals surface area contributed by atoms with E-state index in [-0.39, 0.29) is 0 Å². The Morgan fingerprint density at radius 3 is 1.25 bits per heavy atom. The van der Waals surface area contributed by atoms with Crippen LogP contribution < -0.4 is 0 Å². The first-order valence-electron chi connectivity index (χ1n) is 9.69. The Hall–Kier alpha value is -2.94. The predicted octanol–water partition coefficient (Wildman–Crippen LogP) is 6.54. The summed E-state index contributed by atoms with van der Waals surface area (Å²) >= 11 is 0. The van der Waals surface area contributed by atoms with E-state index in [1.54, 1.807) is 0 Å². The van der Waals surface area contributed by atoms with Crippen LogP contribution in [0.2, 0.25) is 0 Å². The van der Waals surface area contributed by atoms with Crippen molar-refractivity contribution in [3.05, 3.63) is 82.2 Å². The molecule has 0 aliphatic rings. The van der Waals surface area contributed by atoms with E-state index < -0.39 is 0 Å². The van der Waals surface area contributed by atoms with Crippen molar-refractivity contribution < 1.29 is 0 Å². The molecule has 28 heavy (non-hydrogen) atoms. The van der Waals surface area contributed by atoms with Gasteiger partial charge in [-0.05, 0) is 75.9 Å². The monoisotopic (exact) mass is 371 g/mol. The molecule has 2 aromatic carbocycles. The van der Waals surface area contributed by atoms with Crippen LogP contribution in [0.5, 0.6) is 0 Å². The van der Waals surface area contributed by atoms with Gasteiger partial charge in [0.2, 0.25) is 0 Å². The quantitative estimate of drug-likeness (QED) is 0.466. The predicted molar refractivity (Wildman–Crippen MR) is 121 cm³/mol. The largest absolute Gasteiger partial charge is 0.342 e. The maximum Gasteiger partial charge on any atom is 0.0692 e. The lowest BCUT2D eigenvalue weighted by molar-refractivity contribution is 0.900. The molecule has 0 aliphatic heterocycles. The minimum absolute atomic E-state index is 1.01. The molecule has 0 saturated carbocycles. The van der Waals surface area contributed by atoms with E-state index in [1.807, 2.05) is 0 Å². The number of hydrogen-bond acceptors (Lipinski definition) is 2. The smallest absolute Gasteiger partial charge is 0.0692 e. The van der Waals surface area contributed by atoms with E-state index in [2.05, 4.69) is 102 Å². The van der Waals surface area contributed by atoms with Gasteiger partial charge in [0.05, 0.1) is 34.2 Å². The van der Waals surface area contributed by atoms with E-state index >= 15 is 0 Å². The van der Waals surface area contributed by atoms with E-state index in [4.69, 9.17) is 9.98 Å². The molecule has 3 rings (SSSR count). The van der Waals surface area contributed by atoms with Gasteiger partial charge in [-0.1, -0.05) is 36.4 Å². The highest BCUT2D eigenvalue weighted by atomic mass is 15.0. The summed E-state index contributed by atoms with van der Waals surface area (Å²) in [6, 6.07) is 16.8. The van der Waals surface area contributed by atoms with Crippen LogP contribution in [-0.4, -0.2) is 16.0 Å². The second-order valence-corrected chi connectivity index (χ2v) is 7.54. The van der Waals surface area contributed by atoms with Crippen molar-refractivity contribution in [2.24, 2.45) is 17.0 Å². The van der Waals surface area contributed by atoms with Crippen molar-refractivity contribution in [1.82, 2.24) is 4.57 Å². The lowest BCUT2D eigenvalue weighted by Gasteiger charge is -2.11. The topological polar surface area (TPSA) is 29.6 Å². The van der Waals surface area contributed by atoms with Crippen molar-refractivity contribution in [3.8, 4) is 0 Å². The minimum atomic E-state index is 1.01. The van der Waals surface area contributed by atoms with E-state index in [9.17, 15) is 0 Å². The Kier molecular flexibility index (Phi) is 5.64. The van der Waals surface area contributed by atoms with Crippen LogP contribution in [0, 0.1) is 27.7 Å². The average molecular weight is 372 g/mol. The Balaban J connectivity index is 2.00. The fourth-order valence-corrected chi connectivity index (χ4v) is 3.65. The molecule has 3 aromatic rings. The zero-order valence-electron chi connectivity index (χ0n) is 18.0. The number of aliphatic imine (C=N–C) groups is 2. The highest BCUT2D eigenvalue weighted by molar-refractivity contribution is 6.04. The highest BCUT2D eigenvalue weighted by Gasteiger charge is 2.12. The first-order chi connectivity index (χ1) is 13.3. The van der Waals surface area contributed by atoms with Crippen molar-refractivity contribution in [1.29, 1.82) is 0 Å². The van der Waals surface area contributed by atoms with Crippen molar-refractivity contribution >= 4 is 22.8 Å². The Morgan fingerprint density at radius 2 is 0.929 bits per heavy atom. The van der Waals surface area contributed by atoms with Gasteiger partial charge in [-0.2, -0.15) is 0 Å². The molecular weight excluding hydrogens is 342 g/mol. The number of nitrogens with zero attached hydrogens (tertiary/aromatic N) is 3. The van der Waals surface area contributed by atoms with Crippen molar-refractivity contribution in [2.45, 2.75) is 41.5 Å². The van der Waals surface area contributed by atoms with Gasteiger partial charge in [0.15, 0.2) is 0 Å². The number of para-hydroxylation sites is 2. The number of aryl methyl sites for hydroxylation is 4. The van der Waals surface area contributed by atoms with Crippen LogP contribution in [0.1, 0.15) is 47.5 Å². The normalized spacial score (nSPS) is 12.5. The molecule has 0 N–H and O–H groups in total. The molecule has 0 spiro atoms. The zero-order valence-corrected chi connectivity index (χ0v) is 18.0. The summed E-state index contributed by atoms with van der Waals surface area (Å²) in [5.74, 6) is 0. The summed E-state index contributed by atoms with van der Waals surface area (Å²) in [6.07, 6.45) is 0. The molecule has 0 saturated heterocycles. The van der Waals surface area contributed by atoms with E-state index in [1.165, 1.54) is 22.3 Å². The van der Waals surface area contributed by atoms with Crippen LogP contribution in [-0.2, 0) is 7.05 Å². The molecule has 0 radical (unpaired) electrons. The molecule has 3 heteroatoms. The molecule has 0 fully saturated rings. The van der Waals surface area contributed by atoms with E-state index in [0.717, 1.165) is 34.2 Å². The first kappa shape index (κ1) is 19.8. The Labute approximate surface area is 168 Å². The van der Waals surface area contributed by atoms with E-state index in [0.29, 0.717) is 0 Å².